The van der Waals surface area contributed by atoms with Crippen molar-refractivity contribution >= 4 is 0 Å². The molecule has 1 aliphatic rings. The zero-order valence-corrected chi connectivity index (χ0v) is 10.4. The van der Waals surface area contributed by atoms with Crippen molar-refractivity contribution in [2.75, 3.05) is 33.8 Å². The fourth-order valence-electron chi connectivity index (χ4n) is 2.81. The third kappa shape index (κ3) is 3.44. The molecule has 1 saturated carbocycles. The van der Waals surface area contributed by atoms with E-state index in [4.69, 9.17) is 5.11 Å². The van der Waals surface area contributed by atoms with Crippen molar-refractivity contribution in [3.8, 4) is 0 Å². The van der Waals surface area contributed by atoms with Gasteiger partial charge in [0, 0.05) is 18.6 Å². The predicted octanol–water partition coefficient (Wildman–Crippen LogP) is 1.17. The molecule has 1 rings (SSSR count). The number of hydrogen-bond donors (Lipinski definition) is 1. The summed E-state index contributed by atoms with van der Waals surface area (Å²) >= 11 is 0. The van der Waals surface area contributed by atoms with Crippen LogP contribution >= 0.6 is 0 Å². The van der Waals surface area contributed by atoms with E-state index in [0.717, 1.165) is 13.1 Å². The predicted molar refractivity (Wildman–Crippen MR) is 64.1 cm³/mol. The van der Waals surface area contributed by atoms with Gasteiger partial charge in [0.15, 0.2) is 0 Å². The average molecular weight is 214 g/mol. The van der Waals surface area contributed by atoms with Gasteiger partial charge in [-0.2, -0.15) is 0 Å². The molecule has 0 aromatic carbocycles. The van der Waals surface area contributed by atoms with Crippen LogP contribution in [-0.2, 0) is 0 Å². The maximum atomic E-state index is 9.07. The summed E-state index contributed by atoms with van der Waals surface area (Å²) in [7, 11) is 4.35. The van der Waals surface area contributed by atoms with Gasteiger partial charge in [-0.1, -0.05) is 19.8 Å². The fourth-order valence-corrected chi connectivity index (χ4v) is 2.81. The first-order valence-corrected chi connectivity index (χ1v) is 6.22. The minimum atomic E-state index is 0.282. The van der Waals surface area contributed by atoms with Gasteiger partial charge >= 0.3 is 0 Å². The second-order valence-electron chi connectivity index (χ2n) is 4.73. The minimum Gasteiger partial charge on any atom is -0.395 e. The standard InChI is InChI=1S/C12H26N2O/c1-4-14(9-10-15)12-8-6-5-7-11(12)13(2)3/h11-12,15H,4-10H2,1-3H3/t11-,12-/m0/s1. The molecule has 0 radical (unpaired) electrons. The fraction of sp³-hybridized carbons (Fsp3) is 1.00. The highest BCUT2D eigenvalue weighted by atomic mass is 16.3. The lowest BCUT2D eigenvalue weighted by Gasteiger charge is -2.42. The van der Waals surface area contributed by atoms with Crippen LogP contribution in [0.3, 0.4) is 0 Å². The second kappa shape index (κ2) is 6.46. The van der Waals surface area contributed by atoms with Crippen LogP contribution in [0.4, 0.5) is 0 Å². The van der Waals surface area contributed by atoms with Crippen molar-refractivity contribution in [1.82, 2.24) is 9.80 Å². The SMILES string of the molecule is CCN(CCO)[C@H]1CCCC[C@@H]1N(C)C. The van der Waals surface area contributed by atoms with Gasteiger partial charge in [0.05, 0.1) is 6.61 Å². The summed E-state index contributed by atoms with van der Waals surface area (Å²) in [5.74, 6) is 0. The summed E-state index contributed by atoms with van der Waals surface area (Å²) in [5, 5.41) is 9.07. The normalized spacial score (nSPS) is 27.6. The third-order valence-electron chi connectivity index (χ3n) is 3.62. The molecular formula is C12H26N2O. The lowest BCUT2D eigenvalue weighted by Crippen LogP contribution is -2.51. The molecule has 0 aromatic rings. The molecule has 3 heteroatoms. The Labute approximate surface area is 94.1 Å². The van der Waals surface area contributed by atoms with Crippen LogP contribution < -0.4 is 0 Å². The molecule has 90 valence electrons. The largest absolute Gasteiger partial charge is 0.395 e. The Hall–Kier alpha value is -0.120. The van der Waals surface area contributed by atoms with E-state index >= 15 is 0 Å². The molecule has 15 heavy (non-hydrogen) atoms. The summed E-state index contributed by atoms with van der Waals surface area (Å²) in [5.41, 5.74) is 0. The zero-order chi connectivity index (χ0) is 11.3. The summed E-state index contributed by atoms with van der Waals surface area (Å²) in [6.45, 7) is 4.35. The molecule has 0 amide bonds. The summed E-state index contributed by atoms with van der Waals surface area (Å²) in [4.78, 5) is 4.79. The van der Waals surface area contributed by atoms with Gasteiger partial charge in [-0.3, -0.25) is 4.90 Å². The van der Waals surface area contributed by atoms with E-state index in [1.807, 2.05) is 0 Å². The minimum absolute atomic E-state index is 0.282. The Bertz CT molecular complexity index is 173. The molecule has 0 heterocycles. The lowest BCUT2D eigenvalue weighted by molar-refractivity contribution is 0.0643. The molecule has 1 N–H and O–H groups in total. The highest BCUT2D eigenvalue weighted by Gasteiger charge is 2.30. The number of hydrogen-bond acceptors (Lipinski definition) is 3. The van der Waals surface area contributed by atoms with Gasteiger partial charge in [0.1, 0.15) is 0 Å². The van der Waals surface area contributed by atoms with E-state index in [2.05, 4.69) is 30.8 Å². The average Bonchev–Trinajstić information content (AvgIpc) is 2.26. The maximum absolute atomic E-state index is 9.07. The second-order valence-corrected chi connectivity index (χ2v) is 4.73. The Morgan fingerprint density at radius 2 is 1.73 bits per heavy atom. The van der Waals surface area contributed by atoms with Gasteiger partial charge in [-0.25, -0.2) is 0 Å². The van der Waals surface area contributed by atoms with Gasteiger partial charge in [-0.15, -0.1) is 0 Å². The van der Waals surface area contributed by atoms with Crippen LogP contribution in [-0.4, -0.2) is 60.8 Å². The molecule has 1 aliphatic carbocycles. The number of nitrogens with zero attached hydrogens (tertiary/aromatic N) is 2. The molecule has 0 aliphatic heterocycles. The van der Waals surface area contributed by atoms with Crippen LogP contribution in [0.2, 0.25) is 0 Å². The first kappa shape index (κ1) is 12.9. The van der Waals surface area contributed by atoms with Crippen molar-refractivity contribution in [3.05, 3.63) is 0 Å². The highest BCUT2D eigenvalue weighted by molar-refractivity contribution is 4.87. The van der Waals surface area contributed by atoms with E-state index in [0.29, 0.717) is 12.1 Å². The molecule has 3 nitrogen and oxygen atoms in total. The molecule has 0 spiro atoms. The summed E-state index contributed by atoms with van der Waals surface area (Å²) in [6.07, 6.45) is 5.29. The number of likely N-dealkylation sites (N-methyl/N-ethyl adjacent to an activating group) is 2. The molecule has 0 bridgehead atoms. The molecule has 2 atom stereocenters. The first-order chi connectivity index (χ1) is 7.20. The van der Waals surface area contributed by atoms with Gasteiger partial charge in [-0.05, 0) is 33.5 Å². The monoisotopic (exact) mass is 214 g/mol. The van der Waals surface area contributed by atoms with E-state index in [1.165, 1.54) is 25.7 Å². The van der Waals surface area contributed by atoms with Crippen LogP contribution in [0.5, 0.6) is 0 Å². The summed E-state index contributed by atoms with van der Waals surface area (Å²) < 4.78 is 0. The zero-order valence-electron chi connectivity index (χ0n) is 10.4. The highest BCUT2D eigenvalue weighted by Crippen LogP contribution is 2.25. The van der Waals surface area contributed by atoms with Crippen LogP contribution in [0.1, 0.15) is 32.6 Å². The lowest BCUT2D eigenvalue weighted by atomic mass is 9.88. The van der Waals surface area contributed by atoms with Crippen molar-refractivity contribution in [2.45, 2.75) is 44.7 Å². The van der Waals surface area contributed by atoms with Crippen molar-refractivity contribution < 1.29 is 5.11 Å². The Balaban J connectivity index is 2.60. The maximum Gasteiger partial charge on any atom is 0.0558 e. The van der Waals surface area contributed by atoms with Gasteiger partial charge in [0.25, 0.3) is 0 Å². The first-order valence-electron chi connectivity index (χ1n) is 6.22. The van der Waals surface area contributed by atoms with E-state index in [1.54, 1.807) is 0 Å². The Morgan fingerprint density at radius 3 is 2.20 bits per heavy atom. The van der Waals surface area contributed by atoms with Crippen LogP contribution in [0, 0.1) is 0 Å². The van der Waals surface area contributed by atoms with Crippen molar-refractivity contribution in [2.24, 2.45) is 0 Å². The van der Waals surface area contributed by atoms with Gasteiger partial charge in [0.2, 0.25) is 0 Å². The smallest absolute Gasteiger partial charge is 0.0558 e. The molecular weight excluding hydrogens is 188 g/mol. The molecule has 0 saturated heterocycles. The molecule has 1 fully saturated rings. The van der Waals surface area contributed by atoms with E-state index in [-0.39, 0.29) is 6.61 Å². The summed E-state index contributed by atoms with van der Waals surface area (Å²) in [6, 6.07) is 1.32. The number of rotatable bonds is 5. The Kier molecular flexibility index (Phi) is 5.58. The molecule has 0 aromatic heterocycles. The van der Waals surface area contributed by atoms with E-state index < -0.39 is 0 Å². The Morgan fingerprint density at radius 1 is 1.13 bits per heavy atom. The third-order valence-corrected chi connectivity index (χ3v) is 3.62. The van der Waals surface area contributed by atoms with Crippen molar-refractivity contribution in [3.63, 3.8) is 0 Å². The van der Waals surface area contributed by atoms with Crippen molar-refractivity contribution in [1.29, 1.82) is 0 Å². The van der Waals surface area contributed by atoms with Gasteiger partial charge < -0.3 is 10.0 Å². The number of aliphatic hydroxyl groups is 1. The number of aliphatic hydroxyl groups excluding tert-OH is 1. The van der Waals surface area contributed by atoms with E-state index in [9.17, 15) is 0 Å². The quantitative estimate of drug-likeness (QED) is 0.744. The topological polar surface area (TPSA) is 26.7 Å². The molecule has 0 unspecified atom stereocenters. The van der Waals surface area contributed by atoms with Crippen LogP contribution in [0.25, 0.3) is 0 Å². The van der Waals surface area contributed by atoms with Crippen LogP contribution in [0.15, 0.2) is 0 Å².